The zero-order valence-corrected chi connectivity index (χ0v) is 8.42. The molecular weight excluding hydrogens is 164 g/mol. The molecule has 0 bridgehead atoms. The lowest BCUT2D eigenvalue weighted by atomic mass is 10.3. The van der Waals surface area contributed by atoms with Gasteiger partial charge in [0.05, 0.1) is 6.61 Å². The molecule has 1 rings (SSSR count). The maximum atomic E-state index is 5.37. The molecule has 13 heavy (non-hydrogen) atoms. The van der Waals surface area contributed by atoms with Crippen LogP contribution in [0.2, 0.25) is 0 Å². The van der Waals surface area contributed by atoms with Gasteiger partial charge in [-0.15, -0.1) is 0 Å². The van der Waals surface area contributed by atoms with Crippen LogP contribution in [0.3, 0.4) is 0 Å². The summed E-state index contributed by atoms with van der Waals surface area (Å²) >= 11 is 0. The molecule has 0 unspecified atom stereocenters. The lowest BCUT2D eigenvalue weighted by molar-refractivity contribution is 0.325. The maximum Gasteiger partial charge on any atom is 0.218 e. The normalized spacial score (nSPS) is 9.77. The fourth-order valence-corrected chi connectivity index (χ4v) is 1.07. The van der Waals surface area contributed by atoms with E-state index in [1.54, 1.807) is 0 Å². The first-order chi connectivity index (χ1) is 6.27. The third kappa shape index (κ3) is 2.61. The van der Waals surface area contributed by atoms with Gasteiger partial charge in [-0.1, -0.05) is 6.07 Å². The Kier molecular flexibility index (Phi) is 3.55. The van der Waals surface area contributed by atoms with Gasteiger partial charge in [0.2, 0.25) is 5.88 Å². The lowest BCUT2D eigenvalue weighted by Gasteiger charge is -2.08. The number of anilines is 1. The predicted octanol–water partition coefficient (Wildman–Crippen LogP) is 2.22. The highest BCUT2D eigenvalue weighted by molar-refractivity contribution is 5.40. The van der Waals surface area contributed by atoms with Gasteiger partial charge in [0.1, 0.15) is 5.82 Å². The number of aryl methyl sites for hydroxylation is 1. The van der Waals surface area contributed by atoms with Crippen LogP contribution in [-0.4, -0.2) is 18.1 Å². The molecule has 0 saturated heterocycles. The van der Waals surface area contributed by atoms with Gasteiger partial charge in [-0.3, -0.25) is 0 Å². The Morgan fingerprint density at radius 3 is 2.77 bits per heavy atom. The molecule has 0 atom stereocenters. The molecular formula is C10H16N2O. The van der Waals surface area contributed by atoms with Crippen molar-refractivity contribution in [3.8, 4) is 5.88 Å². The second kappa shape index (κ2) is 4.70. The van der Waals surface area contributed by atoms with Crippen molar-refractivity contribution in [1.82, 2.24) is 4.98 Å². The Morgan fingerprint density at radius 1 is 1.38 bits per heavy atom. The summed E-state index contributed by atoms with van der Waals surface area (Å²) in [6, 6.07) is 3.97. The van der Waals surface area contributed by atoms with Crippen LogP contribution in [0.1, 0.15) is 19.4 Å². The van der Waals surface area contributed by atoms with E-state index in [1.807, 2.05) is 32.9 Å². The fourth-order valence-electron chi connectivity index (χ4n) is 1.07. The summed E-state index contributed by atoms with van der Waals surface area (Å²) in [7, 11) is 0. The number of nitrogens with zero attached hydrogens (tertiary/aromatic N) is 1. The number of nitrogens with one attached hydrogen (secondary N) is 1. The Bertz CT molecular complexity index is 274. The molecule has 0 spiro atoms. The van der Waals surface area contributed by atoms with Crippen molar-refractivity contribution >= 4 is 5.82 Å². The van der Waals surface area contributed by atoms with Crippen LogP contribution in [0.15, 0.2) is 12.1 Å². The van der Waals surface area contributed by atoms with Crippen molar-refractivity contribution in [1.29, 1.82) is 0 Å². The molecule has 1 N–H and O–H groups in total. The molecule has 0 aliphatic carbocycles. The van der Waals surface area contributed by atoms with E-state index in [1.165, 1.54) is 0 Å². The van der Waals surface area contributed by atoms with E-state index in [9.17, 15) is 0 Å². The van der Waals surface area contributed by atoms with E-state index in [2.05, 4.69) is 10.3 Å². The van der Waals surface area contributed by atoms with E-state index in [0.29, 0.717) is 6.61 Å². The molecule has 3 nitrogen and oxygen atoms in total. The van der Waals surface area contributed by atoms with Crippen LogP contribution in [-0.2, 0) is 0 Å². The lowest BCUT2D eigenvalue weighted by Crippen LogP contribution is -2.02. The van der Waals surface area contributed by atoms with Gasteiger partial charge >= 0.3 is 0 Å². The van der Waals surface area contributed by atoms with Gasteiger partial charge in [-0.2, -0.15) is 4.98 Å². The van der Waals surface area contributed by atoms with E-state index in [4.69, 9.17) is 4.74 Å². The van der Waals surface area contributed by atoms with Crippen molar-refractivity contribution in [2.45, 2.75) is 20.8 Å². The summed E-state index contributed by atoms with van der Waals surface area (Å²) in [6.07, 6.45) is 0. The number of hydrogen-bond donors (Lipinski definition) is 1. The fraction of sp³-hybridized carbons (Fsp3) is 0.500. The summed E-state index contributed by atoms with van der Waals surface area (Å²) in [5.41, 5.74) is 1.07. The van der Waals surface area contributed by atoms with Gasteiger partial charge in [-0.25, -0.2) is 0 Å². The molecule has 72 valence electrons. The second-order valence-corrected chi connectivity index (χ2v) is 2.78. The van der Waals surface area contributed by atoms with E-state index >= 15 is 0 Å². The van der Waals surface area contributed by atoms with Crippen LogP contribution < -0.4 is 10.1 Å². The number of aromatic nitrogens is 1. The predicted molar refractivity (Wildman–Crippen MR) is 54.3 cm³/mol. The van der Waals surface area contributed by atoms with E-state index < -0.39 is 0 Å². The van der Waals surface area contributed by atoms with E-state index in [-0.39, 0.29) is 0 Å². The van der Waals surface area contributed by atoms with Crippen LogP contribution >= 0.6 is 0 Å². The smallest absolute Gasteiger partial charge is 0.218 e. The third-order valence-corrected chi connectivity index (χ3v) is 1.69. The molecule has 0 fully saturated rings. The highest BCUT2D eigenvalue weighted by Crippen LogP contribution is 2.17. The van der Waals surface area contributed by atoms with Gasteiger partial charge in [-0.05, 0) is 26.8 Å². The van der Waals surface area contributed by atoms with Gasteiger partial charge < -0.3 is 10.1 Å². The Hall–Kier alpha value is -1.25. The number of pyridine rings is 1. The molecule has 0 radical (unpaired) electrons. The highest BCUT2D eigenvalue weighted by Gasteiger charge is 2.01. The van der Waals surface area contributed by atoms with Crippen LogP contribution in [0.5, 0.6) is 5.88 Å². The maximum absolute atomic E-state index is 5.37. The summed E-state index contributed by atoms with van der Waals surface area (Å²) in [6.45, 7) is 7.53. The first-order valence-corrected chi connectivity index (χ1v) is 4.62. The zero-order chi connectivity index (χ0) is 9.68. The number of rotatable bonds is 4. The average molecular weight is 180 g/mol. The van der Waals surface area contributed by atoms with Crippen LogP contribution in [0, 0.1) is 6.92 Å². The Morgan fingerprint density at radius 2 is 2.15 bits per heavy atom. The SMILES string of the molecule is CCNc1ccc(C)c(OCC)n1. The van der Waals surface area contributed by atoms with Crippen molar-refractivity contribution in [2.24, 2.45) is 0 Å². The minimum absolute atomic E-state index is 0.656. The summed E-state index contributed by atoms with van der Waals surface area (Å²) in [5.74, 6) is 1.59. The summed E-state index contributed by atoms with van der Waals surface area (Å²) < 4.78 is 5.37. The quantitative estimate of drug-likeness (QED) is 0.771. The van der Waals surface area contributed by atoms with Crippen molar-refractivity contribution in [3.05, 3.63) is 17.7 Å². The Balaban J connectivity index is 2.83. The van der Waals surface area contributed by atoms with Gasteiger partial charge in [0.25, 0.3) is 0 Å². The first-order valence-electron chi connectivity index (χ1n) is 4.62. The highest BCUT2D eigenvalue weighted by atomic mass is 16.5. The minimum atomic E-state index is 0.656. The van der Waals surface area contributed by atoms with Crippen LogP contribution in [0.25, 0.3) is 0 Å². The molecule has 1 aromatic heterocycles. The second-order valence-electron chi connectivity index (χ2n) is 2.78. The topological polar surface area (TPSA) is 34.1 Å². The molecule has 1 aromatic rings. The molecule has 0 aliphatic heterocycles. The molecule has 1 heterocycles. The van der Waals surface area contributed by atoms with Crippen LogP contribution in [0.4, 0.5) is 5.82 Å². The van der Waals surface area contributed by atoms with Crippen molar-refractivity contribution in [3.63, 3.8) is 0 Å². The van der Waals surface area contributed by atoms with Gasteiger partial charge in [0, 0.05) is 12.1 Å². The molecule has 0 amide bonds. The summed E-state index contributed by atoms with van der Waals surface area (Å²) in [5, 5.41) is 3.14. The average Bonchev–Trinajstić information content (AvgIpc) is 2.12. The minimum Gasteiger partial charge on any atom is -0.478 e. The molecule has 0 aromatic carbocycles. The third-order valence-electron chi connectivity index (χ3n) is 1.69. The number of ether oxygens (including phenoxy) is 1. The molecule has 0 aliphatic rings. The summed E-state index contributed by atoms with van der Waals surface area (Å²) in [4.78, 5) is 4.32. The molecule has 0 saturated carbocycles. The largest absolute Gasteiger partial charge is 0.478 e. The van der Waals surface area contributed by atoms with Crippen molar-refractivity contribution in [2.75, 3.05) is 18.5 Å². The van der Waals surface area contributed by atoms with Crippen molar-refractivity contribution < 1.29 is 4.74 Å². The Labute approximate surface area is 79.1 Å². The molecule has 3 heteroatoms. The first kappa shape index (κ1) is 9.84. The van der Waals surface area contributed by atoms with Gasteiger partial charge in [0.15, 0.2) is 0 Å². The van der Waals surface area contributed by atoms with E-state index in [0.717, 1.165) is 23.8 Å². The monoisotopic (exact) mass is 180 g/mol. The zero-order valence-electron chi connectivity index (χ0n) is 8.42. The standard InChI is InChI=1S/C10H16N2O/c1-4-11-9-7-6-8(3)10(12-9)13-5-2/h6-7H,4-5H2,1-3H3,(H,11,12). The number of hydrogen-bond acceptors (Lipinski definition) is 3.